The van der Waals surface area contributed by atoms with Crippen LogP contribution in [0.2, 0.25) is 0 Å². The summed E-state index contributed by atoms with van der Waals surface area (Å²) in [4.78, 5) is 23.2. The molecule has 4 N–H and O–H groups in total. The van der Waals surface area contributed by atoms with Crippen molar-refractivity contribution in [2.45, 2.75) is 11.0 Å². The van der Waals surface area contributed by atoms with E-state index in [1.54, 1.807) is 23.9 Å². The molecular formula is C11H14N2O3S. The highest BCUT2D eigenvalue weighted by molar-refractivity contribution is 7.98. The molecule has 92 valence electrons. The predicted octanol–water partition coefficient (Wildman–Crippen LogP) is -0.0155. The summed E-state index contributed by atoms with van der Waals surface area (Å²) in [6.07, 6.45) is 0.586. The van der Waals surface area contributed by atoms with E-state index in [4.69, 9.17) is 10.8 Å². The summed E-state index contributed by atoms with van der Waals surface area (Å²) in [6, 6.07) is 7.00. The Kier molecular flexibility index (Phi) is 4.99. The van der Waals surface area contributed by atoms with E-state index in [0.29, 0.717) is 5.56 Å². The first-order valence-electron chi connectivity index (χ1n) is 4.94. The number of carbonyl (C=O) groups is 2. The van der Waals surface area contributed by atoms with Gasteiger partial charge in [0.2, 0.25) is 5.91 Å². The fraction of sp³-hybridized carbons (Fsp3) is 0.273. The van der Waals surface area contributed by atoms with E-state index in [1.807, 2.05) is 18.4 Å². The van der Waals surface area contributed by atoms with Crippen molar-refractivity contribution >= 4 is 23.6 Å². The van der Waals surface area contributed by atoms with Crippen molar-refractivity contribution in [3.63, 3.8) is 0 Å². The molecule has 1 aromatic rings. The van der Waals surface area contributed by atoms with E-state index in [2.05, 4.69) is 5.32 Å². The minimum atomic E-state index is -1.36. The van der Waals surface area contributed by atoms with Gasteiger partial charge in [-0.2, -0.15) is 0 Å². The summed E-state index contributed by atoms with van der Waals surface area (Å²) in [6.45, 7) is -0.182. The lowest BCUT2D eigenvalue weighted by atomic mass is 10.2. The number of aliphatic hydroxyl groups excluding tert-OH is 1. The van der Waals surface area contributed by atoms with E-state index in [9.17, 15) is 9.59 Å². The lowest BCUT2D eigenvalue weighted by Crippen LogP contribution is -2.39. The number of hydrogen-bond acceptors (Lipinski definition) is 4. The van der Waals surface area contributed by atoms with Gasteiger partial charge in [-0.25, -0.2) is 0 Å². The van der Waals surface area contributed by atoms with Crippen molar-refractivity contribution in [3.8, 4) is 0 Å². The predicted molar refractivity (Wildman–Crippen MR) is 65.8 cm³/mol. The van der Waals surface area contributed by atoms with Gasteiger partial charge in [0, 0.05) is 10.5 Å². The van der Waals surface area contributed by atoms with Crippen LogP contribution in [0.5, 0.6) is 0 Å². The fourth-order valence-electron chi connectivity index (χ4n) is 1.13. The van der Waals surface area contributed by atoms with Crippen LogP contribution in [0.15, 0.2) is 29.2 Å². The van der Waals surface area contributed by atoms with Crippen LogP contribution in [-0.4, -0.2) is 35.8 Å². The maximum absolute atomic E-state index is 11.6. The quantitative estimate of drug-likeness (QED) is 0.644. The molecule has 0 bridgehead atoms. The van der Waals surface area contributed by atoms with Crippen LogP contribution < -0.4 is 11.1 Å². The minimum absolute atomic E-state index is 0.182. The second-order valence-corrected chi connectivity index (χ2v) is 4.24. The van der Waals surface area contributed by atoms with Gasteiger partial charge in [-0.15, -0.1) is 11.8 Å². The molecule has 1 atom stereocenters. The zero-order chi connectivity index (χ0) is 12.8. The number of benzene rings is 1. The lowest BCUT2D eigenvalue weighted by molar-refractivity contribution is -0.125. The number of nitrogens with one attached hydrogen (secondary N) is 1. The molecule has 0 fully saturated rings. The largest absolute Gasteiger partial charge is 0.381 e. The number of rotatable bonds is 5. The number of nitrogens with two attached hydrogens (primary N) is 1. The fourth-order valence-corrected chi connectivity index (χ4v) is 1.54. The Bertz CT molecular complexity index is 406. The van der Waals surface area contributed by atoms with Gasteiger partial charge in [-0.3, -0.25) is 9.59 Å². The molecule has 2 amide bonds. The van der Waals surface area contributed by atoms with Gasteiger partial charge in [0.15, 0.2) is 0 Å². The Balaban J connectivity index is 2.55. The van der Waals surface area contributed by atoms with Crippen LogP contribution >= 0.6 is 11.8 Å². The SMILES string of the molecule is CSc1ccc(C(=O)NCC(O)C(N)=O)cc1. The van der Waals surface area contributed by atoms with Gasteiger partial charge < -0.3 is 16.2 Å². The maximum atomic E-state index is 11.6. The molecule has 0 aliphatic rings. The van der Waals surface area contributed by atoms with Gasteiger partial charge in [0.25, 0.3) is 5.91 Å². The number of carbonyl (C=O) groups excluding carboxylic acids is 2. The lowest BCUT2D eigenvalue weighted by Gasteiger charge is -2.08. The highest BCUT2D eigenvalue weighted by Crippen LogP contribution is 2.14. The normalized spacial score (nSPS) is 11.9. The second kappa shape index (κ2) is 6.27. The monoisotopic (exact) mass is 254 g/mol. The van der Waals surface area contributed by atoms with E-state index < -0.39 is 12.0 Å². The van der Waals surface area contributed by atoms with Crippen molar-refractivity contribution in [2.75, 3.05) is 12.8 Å². The summed E-state index contributed by atoms with van der Waals surface area (Å²) in [7, 11) is 0. The molecule has 0 saturated carbocycles. The highest BCUT2D eigenvalue weighted by Gasteiger charge is 2.12. The molecule has 1 aromatic carbocycles. The van der Waals surface area contributed by atoms with Crippen molar-refractivity contribution in [1.29, 1.82) is 0 Å². The van der Waals surface area contributed by atoms with Gasteiger partial charge in [-0.05, 0) is 30.5 Å². The Hall–Kier alpha value is -1.53. The van der Waals surface area contributed by atoms with Gasteiger partial charge in [-0.1, -0.05) is 0 Å². The van der Waals surface area contributed by atoms with Crippen LogP contribution in [-0.2, 0) is 4.79 Å². The molecule has 1 unspecified atom stereocenters. The topological polar surface area (TPSA) is 92.4 Å². The number of thioether (sulfide) groups is 1. The number of aliphatic hydroxyl groups is 1. The highest BCUT2D eigenvalue weighted by atomic mass is 32.2. The molecule has 0 aromatic heterocycles. The molecule has 6 heteroatoms. The smallest absolute Gasteiger partial charge is 0.251 e. The second-order valence-electron chi connectivity index (χ2n) is 3.36. The van der Waals surface area contributed by atoms with Crippen molar-refractivity contribution in [3.05, 3.63) is 29.8 Å². The molecule has 0 saturated heterocycles. The summed E-state index contributed by atoms with van der Waals surface area (Å²) < 4.78 is 0. The van der Waals surface area contributed by atoms with E-state index >= 15 is 0 Å². The summed E-state index contributed by atoms with van der Waals surface area (Å²) in [5.74, 6) is -1.21. The first kappa shape index (κ1) is 13.5. The molecule has 17 heavy (non-hydrogen) atoms. The first-order valence-corrected chi connectivity index (χ1v) is 6.16. The molecule has 0 aliphatic heterocycles. The van der Waals surface area contributed by atoms with Gasteiger partial charge >= 0.3 is 0 Å². The molecule has 0 aliphatic carbocycles. The standard InChI is InChI=1S/C11H14N2O3S/c1-17-8-4-2-7(3-5-8)11(16)13-6-9(14)10(12)15/h2-5,9,14H,6H2,1H3,(H2,12,15)(H,13,16). The van der Waals surface area contributed by atoms with E-state index in [1.165, 1.54) is 0 Å². The van der Waals surface area contributed by atoms with Crippen LogP contribution in [0.1, 0.15) is 10.4 Å². The van der Waals surface area contributed by atoms with Crippen molar-refractivity contribution in [1.82, 2.24) is 5.32 Å². The molecule has 5 nitrogen and oxygen atoms in total. The Morgan fingerprint density at radius 3 is 2.47 bits per heavy atom. The van der Waals surface area contributed by atoms with Crippen molar-refractivity contribution < 1.29 is 14.7 Å². The van der Waals surface area contributed by atoms with Gasteiger partial charge in [0.05, 0.1) is 6.54 Å². The third-order valence-corrected chi connectivity index (χ3v) is 2.88. The third-order valence-electron chi connectivity index (χ3n) is 2.14. The average molecular weight is 254 g/mol. The first-order chi connectivity index (χ1) is 8.04. The average Bonchev–Trinajstić information content (AvgIpc) is 2.35. The Labute approximate surface area is 103 Å². The van der Waals surface area contributed by atoms with Crippen LogP contribution in [0.3, 0.4) is 0 Å². The van der Waals surface area contributed by atoms with Crippen molar-refractivity contribution in [2.24, 2.45) is 5.73 Å². The molecule has 0 radical (unpaired) electrons. The molecular weight excluding hydrogens is 240 g/mol. The number of hydrogen-bond donors (Lipinski definition) is 3. The van der Waals surface area contributed by atoms with Crippen LogP contribution in [0, 0.1) is 0 Å². The number of primary amides is 1. The number of amides is 2. The zero-order valence-corrected chi connectivity index (χ0v) is 10.2. The Morgan fingerprint density at radius 1 is 1.41 bits per heavy atom. The zero-order valence-electron chi connectivity index (χ0n) is 9.34. The third kappa shape index (κ3) is 4.08. The van der Waals surface area contributed by atoms with E-state index in [0.717, 1.165) is 4.90 Å². The molecule has 0 spiro atoms. The Morgan fingerprint density at radius 2 is 2.00 bits per heavy atom. The molecule has 1 rings (SSSR count). The summed E-state index contributed by atoms with van der Waals surface area (Å²) in [5.41, 5.74) is 5.33. The van der Waals surface area contributed by atoms with E-state index in [-0.39, 0.29) is 12.5 Å². The van der Waals surface area contributed by atoms with Crippen LogP contribution in [0.25, 0.3) is 0 Å². The molecule has 0 heterocycles. The minimum Gasteiger partial charge on any atom is -0.381 e. The van der Waals surface area contributed by atoms with Gasteiger partial charge in [0.1, 0.15) is 6.10 Å². The summed E-state index contributed by atoms with van der Waals surface area (Å²) >= 11 is 1.58. The summed E-state index contributed by atoms with van der Waals surface area (Å²) in [5, 5.41) is 11.5. The maximum Gasteiger partial charge on any atom is 0.251 e. The van der Waals surface area contributed by atoms with Crippen LogP contribution in [0.4, 0.5) is 0 Å².